The van der Waals surface area contributed by atoms with E-state index in [1.807, 2.05) is 19.1 Å². The molecule has 0 bridgehead atoms. The number of aryl methyl sites for hydroxylation is 1. The summed E-state index contributed by atoms with van der Waals surface area (Å²) in [5.74, 6) is 0.258. The molecule has 1 aromatic heterocycles. The van der Waals surface area contributed by atoms with Crippen molar-refractivity contribution >= 4 is 28.4 Å². The topological polar surface area (TPSA) is 64.0 Å². The Balaban J connectivity index is 1.95. The van der Waals surface area contributed by atoms with Crippen LogP contribution in [0.1, 0.15) is 34.7 Å². The molecule has 25 heavy (non-hydrogen) atoms. The zero-order valence-corrected chi connectivity index (χ0v) is 15.0. The molecule has 0 saturated carbocycles. The molecule has 0 aliphatic rings. The molecule has 1 N–H and O–H groups in total. The largest absolute Gasteiger partial charge is 0.342 e. The molecule has 0 aliphatic carbocycles. The van der Waals surface area contributed by atoms with E-state index >= 15 is 0 Å². The van der Waals surface area contributed by atoms with Crippen LogP contribution in [0.3, 0.4) is 0 Å². The maximum Gasteiger partial charge on any atom is 0.261 e. The molecule has 6 heteroatoms. The van der Waals surface area contributed by atoms with Gasteiger partial charge in [0.25, 0.3) is 11.5 Å². The molecular weight excluding hydrogens is 338 g/mol. The van der Waals surface area contributed by atoms with Gasteiger partial charge in [-0.25, -0.2) is 4.98 Å². The number of fused-ring (bicyclic) bond motifs is 1. The summed E-state index contributed by atoms with van der Waals surface area (Å²) in [7, 11) is 1.65. The van der Waals surface area contributed by atoms with Crippen LogP contribution in [0.4, 0.5) is 0 Å². The van der Waals surface area contributed by atoms with E-state index in [-0.39, 0.29) is 11.5 Å². The van der Waals surface area contributed by atoms with Crippen molar-refractivity contribution < 1.29 is 4.79 Å². The fourth-order valence-electron chi connectivity index (χ4n) is 2.70. The first-order valence-electron chi connectivity index (χ1n) is 7.90. The molecule has 2 aromatic carbocycles. The van der Waals surface area contributed by atoms with Crippen molar-refractivity contribution in [3.8, 4) is 0 Å². The number of aromatic nitrogens is 2. The molecule has 0 spiro atoms. The van der Waals surface area contributed by atoms with Crippen molar-refractivity contribution in [1.82, 2.24) is 14.9 Å². The molecule has 1 atom stereocenters. The van der Waals surface area contributed by atoms with Crippen molar-refractivity contribution in [3.63, 3.8) is 0 Å². The van der Waals surface area contributed by atoms with Crippen LogP contribution < -0.4 is 10.9 Å². The van der Waals surface area contributed by atoms with E-state index in [1.165, 1.54) is 4.57 Å². The molecule has 3 aromatic rings. The van der Waals surface area contributed by atoms with Gasteiger partial charge in [0.15, 0.2) is 0 Å². The Hall–Kier alpha value is -2.66. The quantitative estimate of drug-likeness (QED) is 0.783. The van der Waals surface area contributed by atoms with E-state index < -0.39 is 6.04 Å². The smallest absolute Gasteiger partial charge is 0.261 e. The fourth-order valence-corrected chi connectivity index (χ4v) is 2.86. The van der Waals surface area contributed by atoms with Crippen molar-refractivity contribution in [1.29, 1.82) is 0 Å². The Kier molecular flexibility index (Phi) is 4.59. The maximum atomic E-state index is 12.5. The zero-order chi connectivity index (χ0) is 18.1. The molecule has 1 amide bonds. The van der Waals surface area contributed by atoms with Crippen LogP contribution in [-0.4, -0.2) is 15.5 Å². The van der Waals surface area contributed by atoms with E-state index in [9.17, 15) is 9.59 Å². The number of rotatable bonds is 3. The van der Waals surface area contributed by atoms with E-state index in [4.69, 9.17) is 11.6 Å². The van der Waals surface area contributed by atoms with Crippen molar-refractivity contribution in [2.24, 2.45) is 7.05 Å². The van der Waals surface area contributed by atoms with Crippen molar-refractivity contribution in [2.45, 2.75) is 19.9 Å². The molecule has 0 aliphatic heterocycles. The van der Waals surface area contributed by atoms with Crippen molar-refractivity contribution in [2.75, 3.05) is 0 Å². The summed E-state index contributed by atoms with van der Waals surface area (Å²) in [5.41, 5.74) is 1.99. The third-order valence-corrected chi connectivity index (χ3v) is 4.36. The summed E-state index contributed by atoms with van der Waals surface area (Å²) >= 11 is 6.00. The van der Waals surface area contributed by atoms with Crippen LogP contribution in [-0.2, 0) is 7.05 Å². The van der Waals surface area contributed by atoms with Crippen LogP contribution in [0, 0.1) is 6.92 Å². The number of carbonyl (C=O) groups excluding carboxylic acids is 1. The van der Waals surface area contributed by atoms with Gasteiger partial charge < -0.3 is 5.32 Å². The molecule has 5 nitrogen and oxygen atoms in total. The zero-order valence-electron chi connectivity index (χ0n) is 14.2. The molecule has 0 saturated heterocycles. The first-order valence-corrected chi connectivity index (χ1v) is 8.28. The molecule has 0 radical (unpaired) electrons. The second-order valence-corrected chi connectivity index (χ2v) is 6.49. The number of carbonyl (C=O) groups is 1. The SMILES string of the molecule is Cc1ccc(C(=O)NC(C)c2nc3cc(Cl)ccc3c(=O)n2C)cc1. The minimum absolute atomic E-state index is 0.173. The molecule has 1 heterocycles. The second-order valence-electron chi connectivity index (χ2n) is 6.06. The Labute approximate surface area is 150 Å². The fraction of sp³-hybridized carbons (Fsp3) is 0.211. The number of hydrogen-bond acceptors (Lipinski definition) is 3. The number of nitrogens with one attached hydrogen (secondary N) is 1. The highest BCUT2D eigenvalue weighted by Gasteiger charge is 2.17. The van der Waals surface area contributed by atoms with Gasteiger partial charge >= 0.3 is 0 Å². The van der Waals surface area contributed by atoms with E-state index in [1.54, 1.807) is 44.3 Å². The van der Waals surface area contributed by atoms with Gasteiger partial charge in [-0.15, -0.1) is 0 Å². The molecule has 0 fully saturated rings. The molecule has 1 unspecified atom stereocenters. The third-order valence-electron chi connectivity index (χ3n) is 4.12. The monoisotopic (exact) mass is 355 g/mol. The van der Waals surface area contributed by atoms with Crippen LogP contribution in [0.2, 0.25) is 5.02 Å². The predicted octanol–water partition coefficient (Wildman–Crippen LogP) is 3.39. The minimum atomic E-state index is -0.435. The van der Waals surface area contributed by atoms with E-state index in [0.717, 1.165) is 5.56 Å². The first-order chi connectivity index (χ1) is 11.9. The Bertz CT molecular complexity index is 1010. The predicted molar refractivity (Wildman–Crippen MR) is 99.1 cm³/mol. The van der Waals surface area contributed by atoms with Crippen LogP contribution in [0.25, 0.3) is 10.9 Å². The Morgan fingerprint density at radius 3 is 2.56 bits per heavy atom. The van der Waals surface area contributed by atoms with Crippen molar-refractivity contribution in [3.05, 3.63) is 74.8 Å². The number of benzene rings is 2. The minimum Gasteiger partial charge on any atom is -0.342 e. The van der Waals surface area contributed by atoms with Gasteiger partial charge in [-0.05, 0) is 44.2 Å². The number of amides is 1. The average molecular weight is 356 g/mol. The Morgan fingerprint density at radius 2 is 1.88 bits per heavy atom. The second kappa shape index (κ2) is 6.69. The summed E-state index contributed by atoms with van der Waals surface area (Å²) < 4.78 is 1.45. The van der Waals surface area contributed by atoms with Gasteiger partial charge in [0, 0.05) is 17.6 Å². The lowest BCUT2D eigenvalue weighted by molar-refractivity contribution is 0.0937. The first kappa shape index (κ1) is 17.2. The highest BCUT2D eigenvalue weighted by molar-refractivity contribution is 6.31. The van der Waals surface area contributed by atoms with Gasteiger partial charge in [0.1, 0.15) is 5.82 Å². The van der Waals surface area contributed by atoms with Gasteiger partial charge in [-0.1, -0.05) is 29.3 Å². The molecular formula is C19H18ClN3O2. The lowest BCUT2D eigenvalue weighted by Gasteiger charge is -2.17. The van der Waals surface area contributed by atoms with Gasteiger partial charge in [-0.2, -0.15) is 0 Å². The summed E-state index contributed by atoms with van der Waals surface area (Å²) in [6.45, 7) is 3.76. The molecule has 128 valence electrons. The standard InChI is InChI=1S/C19H18ClN3O2/c1-11-4-6-13(7-5-11)18(24)21-12(2)17-22-16-10-14(20)8-9-15(16)19(25)23(17)3/h4-10,12H,1-3H3,(H,21,24). The number of hydrogen-bond donors (Lipinski definition) is 1. The summed E-state index contributed by atoms with van der Waals surface area (Å²) in [5, 5.41) is 3.89. The van der Waals surface area contributed by atoms with Gasteiger partial charge in [0.2, 0.25) is 0 Å². The van der Waals surface area contributed by atoms with Crippen LogP contribution in [0.5, 0.6) is 0 Å². The van der Waals surface area contributed by atoms with Gasteiger partial charge in [-0.3, -0.25) is 14.2 Å². The normalized spacial score (nSPS) is 12.2. The summed E-state index contributed by atoms with van der Waals surface area (Å²) in [6.07, 6.45) is 0. The Morgan fingerprint density at radius 1 is 1.20 bits per heavy atom. The van der Waals surface area contributed by atoms with E-state index in [0.29, 0.717) is 27.3 Å². The van der Waals surface area contributed by atoms with Gasteiger partial charge in [0.05, 0.1) is 16.9 Å². The number of halogens is 1. The summed E-state index contributed by atoms with van der Waals surface area (Å²) in [4.78, 5) is 29.5. The third kappa shape index (κ3) is 3.42. The maximum absolute atomic E-state index is 12.5. The molecule has 3 rings (SSSR count). The average Bonchev–Trinajstić information content (AvgIpc) is 2.58. The highest BCUT2D eigenvalue weighted by Crippen LogP contribution is 2.18. The number of nitrogens with zero attached hydrogens (tertiary/aromatic N) is 2. The van der Waals surface area contributed by atoms with Crippen LogP contribution in [0.15, 0.2) is 47.3 Å². The van der Waals surface area contributed by atoms with Crippen LogP contribution >= 0.6 is 11.6 Å². The lowest BCUT2D eigenvalue weighted by Crippen LogP contribution is -2.32. The van der Waals surface area contributed by atoms with E-state index in [2.05, 4.69) is 10.3 Å². The lowest BCUT2D eigenvalue weighted by atomic mass is 10.1. The highest BCUT2D eigenvalue weighted by atomic mass is 35.5. The summed E-state index contributed by atoms with van der Waals surface area (Å²) in [6, 6.07) is 11.8.